The molecule has 1 aliphatic heterocycles. The molecule has 0 spiro atoms. The van der Waals surface area contributed by atoms with Gasteiger partial charge in [-0.05, 0) is 23.6 Å². The fourth-order valence-corrected chi connectivity index (χ4v) is 4.89. The van der Waals surface area contributed by atoms with Gasteiger partial charge in [0.2, 0.25) is 10.0 Å². The average molecular weight is 396 g/mol. The predicted molar refractivity (Wildman–Crippen MR) is 98.5 cm³/mol. The Kier molecular flexibility index (Phi) is 5.49. The number of hydrogen-bond acceptors (Lipinski definition) is 6. The lowest BCUT2D eigenvalue weighted by atomic mass is 10.2. The van der Waals surface area contributed by atoms with Crippen LogP contribution in [-0.4, -0.2) is 63.9 Å². The van der Waals surface area contributed by atoms with Crippen LogP contribution in [-0.2, 0) is 10.0 Å². The van der Waals surface area contributed by atoms with Crippen molar-refractivity contribution < 1.29 is 22.7 Å². The molecule has 1 fully saturated rings. The summed E-state index contributed by atoms with van der Waals surface area (Å²) in [6.45, 7) is 1.24. The molecule has 0 N–H and O–H groups in total. The summed E-state index contributed by atoms with van der Waals surface area (Å²) in [4.78, 5) is 14.2. The molecule has 0 unspecified atom stereocenters. The summed E-state index contributed by atoms with van der Waals surface area (Å²) >= 11 is 1.46. The summed E-state index contributed by atoms with van der Waals surface area (Å²) in [5.41, 5.74) is 0.645. The van der Waals surface area contributed by atoms with E-state index in [-0.39, 0.29) is 23.9 Å². The Morgan fingerprint density at radius 1 is 1.04 bits per heavy atom. The minimum atomic E-state index is -3.66. The molecule has 26 heavy (non-hydrogen) atoms. The van der Waals surface area contributed by atoms with E-state index in [2.05, 4.69) is 0 Å². The molecule has 1 saturated heterocycles. The molecule has 1 aromatic heterocycles. The van der Waals surface area contributed by atoms with Crippen LogP contribution in [0.4, 0.5) is 0 Å². The Morgan fingerprint density at radius 2 is 1.73 bits per heavy atom. The molecule has 0 radical (unpaired) electrons. The number of amides is 1. The van der Waals surface area contributed by atoms with Crippen LogP contribution in [0.1, 0.15) is 10.4 Å². The van der Waals surface area contributed by atoms with Gasteiger partial charge in [-0.1, -0.05) is 0 Å². The first-order chi connectivity index (χ1) is 12.5. The molecule has 7 nitrogen and oxygen atoms in total. The van der Waals surface area contributed by atoms with Crippen molar-refractivity contribution in [2.24, 2.45) is 0 Å². The number of carbonyl (C=O) groups is 1. The quantitative estimate of drug-likeness (QED) is 0.772. The van der Waals surface area contributed by atoms with Crippen molar-refractivity contribution in [2.75, 3.05) is 40.4 Å². The van der Waals surface area contributed by atoms with Crippen molar-refractivity contribution in [3.63, 3.8) is 0 Å². The van der Waals surface area contributed by atoms with Crippen molar-refractivity contribution in [1.29, 1.82) is 0 Å². The molecule has 9 heteroatoms. The predicted octanol–water partition coefficient (Wildman–Crippen LogP) is 1.91. The smallest absolute Gasteiger partial charge is 0.254 e. The SMILES string of the molecule is COc1ccc(S(=O)(=O)N2CCN(C(=O)c3ccsc3)CC2)cc1OC. The maximum Gasteiger partial charge on any atom is 0.254 e. The average Bonchev–Trinajstić information content (AvgIpc) is 3.21. The highest BCUT2D eigenvalue weighted by atomic mass is 32.2. The van der Waals surface area contributed by atoms with Gasteiger partial charge in [-0.2, -0.15) is 15.6 Å². The zero-order valence-electron chi connectivity index (χ0n) is 14.5. The highest BCUT2D eigenvalue weighted by Crippen LogP contribution is 2.31. The molecule has 1 aliphatic rings. The molecular weight excluding hydrogens is 376 g/mol. The number of carbonyl (C=O) groups excluding carboxylic acids is 1. The molecule has 1 amide bonds. The molecule has 2 aromatic rings. The maximum absolute atomic E-state index is 12.9. The summed E-state index contributed by atoms with van der Waals surface area (Å²) in [5.74, 6) is 0.770. The van der Waals surface area contributed by atoms with E-state index in [0.717, 1.165) is 0 Å². The van der Waals surface area contributed by atoms with Crippen LogP contribution >= 0.6 is 11.3 Å². The summed E-state index contributed by atoms with van der Waals surface area (Å²) in [7, 11) is -0.704. The molecule has 1 aromatic carbocycles. The van der Waals surface area contributed by atoms with Gasteiger partial charge < -0.3 is 14.4 Å². The third-order valence-corrected chi connectivity index (χ3v) is 6.86. The fraction of sp³-hybridized carbons (Fsp3) is 0.353. The van der Waals surface area contributed by atoms with Crippen LogP contribution in [0.2, 0.25) is 0 Å². The van der Waals surface area contributed by atoms with Crippen LogP contribution in [0.15, 0.2) is 39.9 Å². The number of hydrogen-bond donors (Lipinski definition) is 0. The highest BCUT2D eigenvalue weighted by molar-refractivity contribution is 7.89. The summed E-state index contributed by atoms with van der Waals surface area (Å²) in [6.07, 6.45) is 0. The third kappa shape index (κ3) is 3.55. The molecule has 2 heterocycles. The number of rotatable bonds is 5. The van der Waals surface area contributed by atoms with Gasteiger partial charge in [-0.15, -0.1) is 0 Å². The van der Waals surface area contributed by atoms with Crippen LogP contribution in [0, 0.1) is 0 Å². The summed E-state index contributed by atoms with van der Waals surface area (Å²) < 4.78 is 37.5. The van der Waals surface area contributed by atoms with Gasteiger partial charge in [0.1, 0.15) is 0 Å². The van der Waals surface area contributed by atoms with Crippen molar-refractivity contribution in [3.8, 4) is 11.5 Å². The normalized spacial score (nSPS) is 15.7. The molecule has 140 valence electrons. The Bertz CT molecular complexity index is 873. The Balaban J connectivity index is 1.73. The van der Waals surface area contributed by atoms with E-state index in [4.69, 9.17) is 9.47 Å². The van der Waals surface area contributed by atoms with Gasteiger partial charge in [-0.25, -0.2) is 8.42 Å². The number of ether oxygens (including phenoxy) is 2. The van der Waals surface area contributed by atoms with Crippen molar-refractivity contribution in [2.45, 2.75) is 4.90 Å². The van der Waals surface area contributed by atoms with Crippen molar-refractivity contribution in [1.82, 2.24) is 9.21 Å². The highest BCUT2D eigenvalue weighted by Gasteiger charge is 2.31. The maximum atomic E-state index is 12.9. The van der Waals surface area contributed by atoms with E-state index < -0.39 is 10.0 Å². The second kappa shape index (κ2) is 7.65. The van der Waals surface area contributed by atoms with E-state index in [0.29, 0.717) is 30.2 Å². The third-order valence-electron chi connectivity index (χ3n) is 4.29. The van der Waals surface area contributed by atoms with Gasteiger partial charge in [-0.3, -0.25) is 4.79 Å². The lowest BCUT2D eigenvalue weighted by molar-refractivity contribution is 0.0698. The Labute approximate surface area is 156 Å². The first-order valence-corrected chi connectivity index (χ1v) is 10.4. The molecule has 0 bridgehead atoms. The van der Waals surface area contributed by atoms with E-state index in [1.807, 2.05) is 5.38 Å². The second-order valence-corrected chi connectivity index (χ2v) is 8.44. The number of thiophene rings is 1. The number of piperazine rings is 1. The zero-order chi connectivity index (χ0) is 18.7. The first kappa shape index (κ1) is 18.7. The van der Waals surface area contributed by atoms with Gasteiger partial charge >= 0.3 is 0 Å². The van der Waals surface area contributed by atoms with Gasteiger partial charge in [0, 0.05) is 37.6 Å². The molecular formula is C17H20N2O5S2. The molecule has 0 aliphatic carbocycles. The number of benzene rings is 1. The van der Waals surface area contributed by atoms with Crippen LogP contribution < -0.4 is 9.47 Å². The Morgan fingerprint density at radius 3 is 2.31 bits per heavy atom. The topological polar surface area (TPSA) is 76.2 Å². The Hall–Kier alpha value is -2.10. The number of nitrogens with zero attached hydrogens (tertiary/aromatic N) is 2. The van der Waals surface area contributed by atoms with E-state index in [1.54, 1.807) is 22.4 Å². The minimum absolute atomic E-state index is 0.0607. The van der Waals surface area contributed by atoms with Crippen molar-refractivity contribution in [3.05, 3.63) is 40.6 Å². The standard InChI is InChI=1S/C17H20N2O5S2/c1-23-15-4-3-14(11-16(15)24-2)26(21,22)19-8-6-18(7-9-19)17(20)13-5-10-25-12-13/h3-5,10-12H,6-9H2,1-2H3. The van der Waals surface area contributed by atoms with Crippen LogP contribution in [0.25, 0.3) is 0 Å². The monoisotopic (exact) mass is 396 g/mol. The minimum Gasteiger partial charge on any atom is -0.493 e. The van der Waals surface area contributed by atoms with Gasteiger partial charge in [0.15, 0.2) is 11.5 Å². The lowest BCUT2D eigenvalue weighted by Gasteiger charge is -2.34. The first-order valence-electron chi connectivity index (χ1n) is 8.01. The molecule has 0 saturated carbocycles. The molecule has 0 atom stereocenters. The summed E-state index contributed by atoms with van der Waals surface area (Å²) in [6, 6.07) is 6.30. The van der Waals surface area contributed by atoms with Gasteiger partial charge in [0.05, 0.1) is 24.7 Å². The lowest BCUT2D eigenvalue weighted by Crippen LogP contribution is -2.50. The zero-order valence-corrected chi connectivity index (χ0v) is 16.2. The molecule has 3 rings (SSSR count). The number of methoxy groups -OCH3 is 2. The largest absolute Gasteiger partial charge is 0.493 e. The van der Waals surface area contributed by atoms with Gasteiger partial charge in [0.25, 0.3) is 5.91 Å². The second-order valence-electron chi connectivity index (χ2n) is 5.73. The van der Waals surface area contributed by atoms with E-state index in [1.165, 1.54) is 42.0 Å². The summed E-state index contributed by atoms with van der Waals surface area (Å²) in [5, 5.41) is 3.65. The van der Waals surface area contributed by atoms with Crippen LogP contribution in [0.5, 0.6) is 11.5 Å². The van der Waals surface area contributed by atoms with Crippen molar-refractivity contribution >= 4 is 27.3 Å². The number of sulfonamides is 1. The fourth-order valence-electron chi connectivity index (χ4n) is 2.83. The van der Waals surface area contributed by atoms with E-state index in [9.17, 15) is 13.2 Å². The van der Waals surface area contributed by atoms with Crippen LogP contribution in [0.3, 0.4) is 0 Å². The van der Waals surface area contributed by atoms with E-state index >= 15 is 0 Å².